The molecule has 1 atom stereocenters. The molecular weight excluding hydrogens is 234 g/mol. The molecule has 0 aromatic heterocycles. The van der Waals surface area contributed by atoms with Crippen molar-refractivity contribution in [3.05, 3.63) is 35.1 Å². The summed E-state index contributed by atoms with van der Waals surface area (Å²) in [6.07, 6.45) is 0.433. The van der Waals surface area contributed by atoms with E-state index in [1.165, 1.54) is 0 Å². The molecule has 0 bridgehead atoms. The Balaban J connectivity index is 2.19. The molecular formula is C14H20F2N2. The first kappa shape index (κ1) is 13.4. The highest BCUT2D eigenvalue weighted by Crippen LogP contribution is 2.26. The lowest BCUT2D eigenvalue weighted by molar-refractivity contribution is 0.157. The van der Waals surface area contributed by atoms with Crippen LogP contribution in [0.2, 0.25) is 0 Å². The van der Waals surface area contributed by atoms with E-state index in [1.54, 1.807) is 19.1 Å². The van der Waals surface area contributed by atoms with E-state index in [9.17, 15) is 8.78 Å². The summed E-state index contributed by atoms with van der Waals surface area (Å²) in [5, 5.41) is 3.27. The van der Waals surface area contributed by atoms with Gasteiger partial charge in [0.05, 0.1) is 6.67 Å². The molecule has 100 valence electrons. The van der Waals surface area contributed by atoms with Crippen molar-refractivity contribution in [2.75, 3.05) is 32.9 Å². The van der Waals surface area contributed by atoms with Gasteiger partial charge in [0.1, 0.15) is 5.82 Å². The second kappa shape index (κ2) is 6.25. The lowest BCUT2D eigenvalue weighted by Crippen LogP contribution is -2.45. The maximum absolute atomic E-state index is 13.6. The smallest absolute Gasteiger partial charge is 0.126 e. The quantitative estimate of drug-likeness (QED) is 0.888. The van der Waals surface area contributed by atoms with Crippen molar-refractivity contribution in [3.63, 3.8) is 0 Å². The predicted molar refractivity (Wildman–Crippen MR) is 68.9 cm³/mol. The Bertz CT molecular complexity index is 389. The molecule has 2 rings (SSSR count). The van der Waals surface area contributed by atoms with Gasteiger partial charge in [-0.05, 0) is 30.5 Å². The minimum Gasteiger partial charge on any atom is -0.314 e. The van der Waals surface area contributed by atoms with Crippen LogP contribution in [0.1, 0.15) is 23.6 Å². The van der Waals surface area contributed by atoms with Crippen LogP contribution in [-0.2, 0) is 0 Å². The number of benzene rings is 1. The van der Waals surface area contributed by atoms with Crippen LogP contribution in [0.3, 0.4) is 0 Å². The fourth-order valence-corrected chi connectivity index (χ4v) is 2.47. The van der Waals surface area contributed by atoms with E-state index in [1.807, 2.05) is 6.07 Å². The molecule has 0 saturated carbocycles. The van der Waals surface area contributed by atoms with Gasteiger partial charge in [0.2, 0.25) is 0 Å². The average molecular weight is 254 g/mol. The molecule has 2 nitrogen and oxygen atoms in total. The highest BCUT2D eigenvalue weighted by atomic mass is 19.1. The van der Waals surface area contributed by atoms with Gasteiger partial charge in [-0.25, -0.2) is 4.39 Å². The molecule has 0 aliphatic carbocycles. The Morgan fingerprint density at radius 2 is 2.06 bits per heavy atom. The Hall–Kier alpha value is -1.00. The lowest BCUT2D eigenvalue weighted by atomic mass is 10.00. The van der Waals surface area contributed by atoms with Gasteiger partial charge in [0.25, 0.3) is 0 Å². The number of nitrogens with one attached hydrogen (secondary N) is 1. The molecule has 1 aliphatic rings. The molecule has 0 radical (unpaired) electrons. The van der Waals surface area contributed by atoms with Gasteiger partial charge in [-0.2, -0.15) is 0 Å². The third-order valence-corrected chi connectivity index (χ3v) is 3.56. The normalized spacial score (nSPS) is 18.8. The molecule has 1 aromatic carbocycles. The summed E-state index contributed by atoms with van der Waals surface area (Å²) in [5.74, 6) is -0.202. The topological polar surface area (TPSA) is 15.3 Å². The first-order chi connectivity index (χ1) is 8.72. The molecule has 0 amide bonds. The summed E-state index contributed by atoms with van der Waals surface area (Å²) in [4.78, 5) is 2.24. The largest absolute Gasteiger partial charge is 0.314 e. The summed E-state index contributed by atoms with van der Waals surface area (Å²) < 4.78 is 26.4. The number of hydrogen-bond acceptors (Lipinski definition) is 2. The average Bonchev–Trinajstić information content (AvgIpc) is 2.40. The third-order valence-electron chi connectivity index (χ3n) is 3.56. The number of nitrogens with zero attached hydrogens (tertiary/aromatic N) is 1. The summed E-state index contributed by atoms with van der Waals surface area (Å²) in [6.45, 7) is 4.98. The molecule has 18 heavy (non-hydrogen) atoms. The van der Waals surface area contributed by atoms with Gasteiger partial charge in [-0.1, -0.05) is 12.1 Å². The molecule has 1 aromatic rings. The van der Waals surface area contributed by atoms with Crippen LogP contribution < -0.4 is 5.32 Å². The van der Waals surface area contributed by atoms with Crippen molar-refractivity contribution in [3.8, 4) is 0 Å². The van der Waals surface area contributed by atoms with E-state index in [0.29, 0.717) is 12.0 Å². The zero-order chi connectivity index (χ0) is 13.0. The SMILES string of the molecule is Cc1ccc([C@@H](CCF)N2CCNCC2)cc1F. The number of aryl methyl sites for hydroxylation is 1. The number of piperazine rings is 1. The Morgan fingerprint density at radius 3 is 2.67 bits per heavy atom. The molecule has 0 spiro atoms. The van der Waals surface area contributed by atoms with Gasteiger partial charge < -0.3 is 5.32 Å². The van der Waals surface area contributed by atoms with Crippen LogP contribution in [0.4, 0.5) is 8.78 Å². The van der Waals surface area contributed by atoms with Crippen molar-refractivity contribution in [1.29, 1.82) is 0 Å². The summed E-state index contributed by atoms with van der Waals surface area (Å²) >= 11 is 0. The van der Waals surface area contributed by atoms with Gasteiger partial charge in [0, 0.05) is 32.2 Å². The fraction of sp³-hybridized carbons (Fsp3) is 0.571. The Morgan fingerprint density at radius 1 is 1.33 bits per heavy atom. The molecule has 1 N–H and O–H groups in total. The van der Waals surface area contributed by atoms with Gasteiger partial charge in [-0.3, -0.25) is 9.29 Å². The van der Waals surface area contributed by atoms with Crippen LogP contribution >= 0.6 is 0 Å². The first-order valence-corrected chi connectivity index (χ1v) is 6.49. The van der Waals surface area contributed by atoms with E-state index >= 15 is 0 Å². The number of rotatable bonds is 4. The molecule has 0 unspecified atom stereocenters. The Kier molecular flexibility index (Phi) is 4.66. The van der Waals surface area contributed by atoms with Gasteiger partial charge >= 0.3 is 0 Å². The van der Waals surface area contributed by atoms with E-state index in [0.717, 1.165) is 31.7 Å². The highest BCUT2D eigenvalue weighted by molar-refractivity contribution is 5.26. The Labute approximate surface area is 107 Å². The van der Waals surface area contributed by atoms with Crippen LogP contribution in [-0.4, -0.2) is 37.8 Å². The fourth-order valence-electron chi connectivity index (χ4n) is 2.47. The van der Waals surface area contributed by atoms with Crippen molar-refractivity contribution < 1.29 is 8.78 Å². The van der Waals surface area contributed by atoms with Crippen LogP contribution in [0.5, 0.6) is 0 Å². The summed E-state index contributed by atoms with van der Waals surface area (Å²) in [7, 11) is 0. The number of alkyl halides is 1. The van der Waals surface area contributed by atoms with E-state index in [-0.39, 0.29) is 18.5 Å². The van der Waals surface area contributed by atoms with Crippen LogP contribution in [0, 0.1) is 12.7 Å². The van der Waals surface area contributed by atoms with Crippen molar-refractivity contribution in [2.24, 2.45) is 0 Å². The monoisotopic (exact) mass is 254 g/mol. The van der Waals surface area contributed by atoms with E-state index in [2.05, 4.69) is 10.2 Å². The molecule has 1 saturated heterocycles. The summed E-state index contributed by atoms with van der Waals surface area (Å²) in [6, 6.07) is 5.24. The zero-order valence-corrected chi connectivity index (χ0v) is 10.8. The third kappa shape index (κ3) is 3.06. The minimum atomic E-state index is -0.371. The van der Waals surface area contributed by atoms with Crippen LogP contribution in [0.15, 0.2) is 18.2 Å². The second-order valence-corrected chi connectivity index (χ2v) is 4.79. The number of hydrogen-bond donors (Lipinski definition) is 1. The van der Waals surface area contributed by atoms with Gasteiger partial charge in [0.15, 0.2) is 0 Å². The first-order valence-electron chi connectivity index (χ1n) is 6.49. The minimum absolute atomic E-state index is 0.00722. The highest BCUT2D eigenvalue weighted by Gasteiger charge is 2.22. The molecule has 4 heteroatoms. The predicted octanol–water partition coefficient (Wildman–Crippen LogP) is 2.44. The van der Waals surface area contributed by atoms with Crippen molar-refractivity contribution >= 4 is 0 Å². The molecule has 1 fully saturated rings. The number of halogens is 2. The van der Waals surface area contributed by atoms with Gasteiger partial charge in [-0.15, -0.1) is 0 Å². The standard InChI is InChI=1S/C14H20F2N2/c1-11-2-3-12(10-13(11)16)14(4-5-15)18-8-6-17-7-9-18/h2-3,10,14,17H,4-9H2,1H3/t14-/m1/s1. The maximum atomic E-state index is 13.6. The molecule has 1 heterocycles. The maximum Gasteiger partial charge on any atom is 0.126 e. The zero-order valence-electron chi connectivity index (χ0n) is 10.8. The second-order valence-electron chi connectivity index (χ2n) is 4.79. The lowest BCUT2D eigenvalue weighted by Gasteiger charge is -2.35. The van der Waals surface area contributed by atoms with Crippen molar-refractivity contribution in [2.45, 2.75) is 19.4 Å². The molecule has 1 aliphatic heterocycles. The van der Waals surface area contributed by atoms with E-state index in [4.69, 9.17) is 0 Å². The van der Waals surface area contributed by atoms with Crippen LogP contribution in [0.25, 0.3) is 0 Å². The summed E-state index contributed by atoms with van der Waals surface area (Å²) in [5.41, 5.74) is 1.52. The van der Waals surface area contributed by atoms with E-state index < -0.39 is 0 Å². The van der Waals surface area contributed by atoms with Crippen molar-refractivity contribution in [1.82, 2.24) is 10.2 Å².